The first kappa shape index (κ1) is 13.9. The summed E-state index contributed by atoms with van der Waals surface area (Å²) in [6.07, 6.45) is 1.37. The quantitative estimate of drug-likeness (QED) is 0.691. The maximum absolute atomic E-state index is 11.6. The molecule has 4 heteroatoms. The standard InChI is InChI=1S/C11H20N2O2/c1-4-5-9(6-12)11(15)13-10(7-14)8(2)3/h8-10,14H,4-5,7H2,1-3H3,(H,13,15). The molecule has 2 atom stereocenters. The van der Waals surface area contributed by atoms with Gasteiger partial charge in [-0.1, -0.05) is 27.2 Å². The summed E-state index contributed by atoms with van der Waals surface area (Å²) in [6, 6.07) is 1.72. The van der Waals surface area contributed by atoms with E-state index in [9.17, 15) is 4.79 Å². The molecule has 0 aliphatic rings. The molecule has 0 aromatic heterocycles. The number of nitrogens with one attached hydrogen (secondary N) is 1. The summed E-state index contributed by atoms with van der Waals surface area (Å²) in [5, 5.41) is 20.5. The number of aliphatic hydroxyl groups excluding tert-OH is 1. The van der Waals surface area contributed by atoms with Crippen LogP contribution in [-0.2, 0) is 4.79 Å². The highest BCUT2D eigenvalue weighted by atomic mass is 16.3. The second-order valence-electron chi connectivity index (χ2n) is 4.01. The van der Waals surface area contributed by atoms with Crippen molar-refractivity contribution >= 4 is 5.91 Å². The summed E-state index contributed by atoms with van der Waals surface area (Å²) in [5.41, 5.74) is 0. The van der Waals surface area contributed by atoms with Gasteiger partial charge in [-0.05, 0) is 12.3 Å². The Morgan fingerprint density at radius 3 is 2.47 bits per heavy atom. The van der Waals surface area contributed by atoms with Gasteiger partial charge in [-0.15, -0.1) is 0 Å². The molecular formula is C11H20N2O2. The predicted molar refractivity (Wildman–Crippen MR) is 57.9 cm³/mol. The van der Waals surface area contributed by atoms with E-state index in [1.54, 1.807) is 0 Å². The number of hydrogen-bond donors (Lipinski definition) is 2. The van der Waals surface area contributed by atoms with Crippen LogP contribution in [0.2, 0.25) is 0 Å². The minimum atomic E-state index is -0.595. The van der Waals surface area contributed by atoms with Crippen molar-refractivity contribution in [3.63, 3.8) is 0 Å². The van der Waals surface area contributed by atoms with E-state index in [1.165, 1.54) is 0 Å². The summed E-state index contributed by atoms with van der Waals surface area (Å²) in [7, 11) is 0. The van der Waals surface area contributed by atoms with Crippen molar-refractivity contribution in [2.75, 3.05) is 6.61 Å². The second kappa shape index (κ2) is 7.24. The van der Waals surface area contributed by atoms with Crippen LogP contribution in [0.15, 0.2) is 0 Å². The molecule has 0 heterocycles. The van der Waals surface area contributed by atoms with Gasteiger partial charge in [0.2, 0.25) is 5.91 Å². The first-order chi connectivity index (χ1) is 7.06. The van der Waals surface area contributed by atoms with E-state index in [1.807, 2.05) is 26.8 Å². The van der Waals surface area contributed by atoms with Gasteiger partial charge in [0.25, 0.3) is 0 Å². The van der Waals surface area contributed by atoms with E-state index in [-0.39, 0.29) is 24.5 Å². The Labute approximate surface area is 91.3 Å². The lowest BCUT2D eigenvalue weighted by Crippen LogP contribution is -2.43. The lowest BCUT2D eigenvalue weighted by molar-refractivity contribution is -0.124. The smallest absolute Gasteiger partial charge is 0.237 e. The van der Waals surface area contributed by atoms with Crippen molar-refractivity contribution in [1.82, 2.24) is 5.32 Å². The number of aliphatic hydroxyl groups is 1. The van der Waals surface area contributed by atoms with Gasteiger partial charge in [0.1, 0.15) is 5.92 Å². The Kier molecular flexibility index (Phi) is 6.72. The molecule has 86 valence electrons. The molecule has 0 spiro atoms. The highest BCUT2D eigenvalue weighted by Gasteiger charge is 2.21. The molecule has 0 radical (unpaired) electrons. The maximum Gasteiger partial charge on any atom is 0.237 e. The van der Waals surface area contributed by atoms with Gasteiger partial charge in [-0.25, -0.2) is 0 Å². The van der Waals surface area contributed by atoms with Gasteiger partial charge >= 0.3 is 0 Å². The van der Waals surface area contributed by atoms with E-state index in [2.05, 4.69) is 5.32 Å². The number of amides is 1. The van der Waals surface area contributed by atoms with Crippen molar-refractivity contribution in [1.29, 1.82) is 5.26 Å². The molecule has 0 aliphatic heterocycles. The third-order valence-electron chi connectivity index (χ3n) is 2.38. The lowest BCUT2D eigenvalue weighted by atomic mass is 10.0. The van der Waals surface area contributed by atoms with Gasteiger partial charge in [0.15, 0.2) is 0 Å². The molecule has 4 nitrogen and oxygen atoms in total. The van der Waals surface area contributed by atoms with Crippen molar-refractivity contribution in [2.24, 2.45) is 11.8 Å². The first-order valence-corrected chi connectivity index (χ1v) is 5.37. The fraction of sp³-hybridized carbons (Fsp3) is 0.818. The molecule has 0 aromatic rings. The van der Waals surface area contributed by atoms with Crippen molar-refractivity contribution in [3.05, 3.63) is 0 Å². The Morgan fingerprint density at radius 2 is 2.13 bits per heavy atom. The topological polar surface area (TPSA) is 73.1 Å². The van der Waals surface area contributed by atoms with Gasteiger partial charge < -0.3 is 10.4 Å². The monoisotopic (exact) mass is 212 g/mol. The summed E-state index contributed by atoms with van der Waals surface area (Å²) in [4.78, 5) is 11.6. The largest absolute Gasteiger partial charge is 0.394 e. The fourth-order valence-electron chi connectivity index (χ4n) is 1.25. The zero-order valence-electron chi connectivity index (χ0n) is 9.66. The van der Waals surface area contributed by atoms with Crippen LogP contribution < -0.4 is 5.32 Å². The second-order valence-corrected chi connectivity index (χ2v) is 4.01. The zero-order valence-corrected chi connectivity index (χ0v) is 9.66. The molecule has 0 saturated heterocycles. The van der Waals surface area contributed by atoms with Gasteiger partial charge in [0.05, 0.1) is 18.7 Å². The van der Waals surface area contributed by atoms with Crippen molar-refractivity contribution in [3.8, 4) is 6.07 Å². The number of hydrogen-bond acceptors (Lipinski definition) is 3. The van der Waals surface area contributed by atoms with Crippen LogP contribution in [0.25, 0.3) is 0 Å². The SMILES string of the molecule is CCCC(C#N)C(=O)NC(CO)C(C)C. The van der Waals surface area contributed by atoms with E-state index in [0.717, 1.165) is 6.42 Å². The molecule has 2 unspecified atom stereocenters. The number of nitriles is 1. The van der Waals surface area contributed by atoms with E-state index >= 15 is 0 Å². The molecule has 0 fully saturated rings. The summed E-state index contributed by atoms with van der Waals surface area (Å²) in [5.74, 6) is -0.699. The van der Waals surface area contributed by atoms with Crippen LogP contribution >= 0.6 is 0 Å². The molecule has 1 amide bonds. The van der Waals surface area contributed by atoms with E-state index in [4.69, 9.17) is 10.4 Å². The molecule has 0 rings (SSSR count). The summed E-state index contributed by atoms with van der Waals surface area (Å²) in [6.45, 7) is 5.68. The van der Waals surface area contributed by atoms with Gasteiger partial charge in [-0.2, -0.15) is 5.26 Å². The van der Waals surface area contributed by atoms with Crippen LogP contribution in [0.3, 0.4) is 0 Å². The molecule has 0 aliphatic carbocycles. The zero-order chi connectivity index (χ0) is 11.8. The first-order valence-electron chi connectivity index (χ1n) is 5.37. The number of carbonyl (C=O) groups is 1. The average molecular weight is 212 g/mol. The molecule has 0 aromatic carbocycles. The molecule has 0 saturated carbocycles. The number of nitrogens with zero attached hydrogens (tertiary/aromatic N) is 1. The highest BCUT2D eigenvalue weighted by Crippen LogP contribution is 2.07. The van der Waals surface area contributed by atoms with Crippen LogP contribution in [-0.4, -0.2) is 23.7 Å². The van der Waals surface area contributed by atoms with Crippen LogP contribution in [0.5, 0.6) is 0 Å². The van der Waals surface area contributed by atoms with Gasteiger partial charge in [-0.3, -0.25) is 4.79 Å². The highest BCUT2D eigenvalue weighted by molar-refractivity contribution is 5.81. The number of carbonyl (C=O) groups excluding carboxylic acids is 1. The van der Waals surface area contributed by atoms with E-state index < -0.39 is 5.92 Å². The van der Waals surface area contributed by atoms with Gasteiger partial charge in [0, 0.05) is 0 Å². The lowest BCUT2D eigenvalue weighted by Gasteiger charge is -2.21. The van der Waals surface area contributed by atoms with Crippen molar-refractivity contribution in [2.45, 2.75) is 39.7 Å². The molecule has 15 heavy (non-hydrogen) atoms. The maximum atomic E-state index is 11.6. The van der Waals surface area contributed by atoms with Crippen molar-refractivity contribution < 1.29 is 9.90 Å². The normalized spacial score (nSPS) is 14.4. The Morgan fingerprint density at radius 1 is 1.53 bits per heavy atom. The van der Waals surface area contributed by atoms with Crippen LogP contribution in [0.4, 0.5) is 0 Å². The minimum absolute atomic E-state index is 0.0896. The molecule has 0 bridgehead atoms. The molecular weight excluding hydrogens is 192 g/mol. The summed E-state index contributed by atoms with van der Waals surface area (Å²) >= 11 is 0. The Hall–Kier alpha value is -1.08. The Bertz CT molecular complexity index is 233. The van der Waals surface area contributed by atoms with E-state index in [0.29, 0.717) is 6.42 Å². The molecule has 2 N–H and O–H groups in total. The third-order valence-corrected chi connectivity index (χ3v) is 2.38. The van der Waals surface area contributed by atoms with Crippen LogP contribution in [0.1, 0.15) is 33.6 Å². The predicted octanol–water partition coefficient (Wildman–Crippen LogP) is 1.06. The minimum Gasteiger partial charge on any atom is -0.394 e. The third kappa shape index (κ3) is 4.80. The van der Waals surface area contributed by atoms with Crippen LogP contribution in [0, 0.1) is 23.2 Å². The summed E-state index contributed by atoms with van der Waals surface area (Å²) < 4.78 is 0. The average Bonchev–Trinajstić information content (AvgIpc) is 2.21. The fourth-order valence-corrected chi connectivity index (χ4v) is 1.25. The Balaban J connectivity index is 4.26. The number of rotatable bonds is 6.